The average molecular weight is 432 g/mol. The second-order valence-corrected chi connectivity index (χ2v) is 7.83. The maximum Gasteiger partial charge on any atom is 0.276 e. The highest BCUT2D eigenvalue weighted by Crippen LogP contribution is 2.23. The highest BCUT2D eigenvalue weighted by atomic mass is 19.1. The van der Waals surface area contributed by atoms with Gasteiger partial charge >= 0.3 is 0 Å². The number of rotatable bonds is 7. The number of halogens is 1. The molecule has 7 heteroatoms. The number of nitrogens with one attached hydrogen (secondary N) is 1. The fraction of sp³-hybridized carbons (Fsp3) is 0.240. The first-order chi connectivity index (χ1) is 15.5. The lowest BCUT2D eigenvalue weighted by Crippen LogP contribution is -2.34. The molecule has 0 bridgehead atoms. The van der Waals surface area contributed by atoms with Crippen LogP contribution in [-0.4, -0.2) is 26.8 Å². The lowest BCUT2D eigenvalue weighted by Gasteiger charge is -2.10. The van der Waals surface area contributed by atoms with E-state index in [9.17, 15) is 14.0 Å². The van der Waals surface area contributed by atoms with Gasteiger partial charge in [0.1, 0.15) is 12.4 Å². The third-order valence-electron chi connectivity index (χ3n) is 5.76. The van der Waals surface area contributed by atoms with Gasteiger partial charge in [0.2, 0.25) is 5.91 Å². The molecule has 0 aliphatic heterocycles. The van der Waals surface area contributed by atoms with Crippen molar-refractivity contribution in [3.63, 3.8) is 0 Å². The monoisotopic (exact) mass is 432 g/mol. The number of hydrogen-bond acceptors (Lipinski definition) is 3. The van der Waals surface area contributed by atoms with E-state index in [-0.39, 0.29) is 23.8 Å². The van der Waals surface area contributed by atoms with Crippen LogP contribution in [0, 0.1) is 19.7 Å². The van der Waals surface area contributed by atoms with E-state index in [2.05, 4.69) is 10.4 Å². The largest absolute Gasteiger partial charge is 0.354 e. The molecule has 0 fully saturated rings. The number of aryl methyl sites for hydroxylation is 2. The Morgan fingerprint density at radius 3 is 2.50 bits per heavy atom. The normalized spacial score (nSPS) is 11.1. The third kappa shape index (κ3) is 4.32. The second kappa shape index (κ2) is 9.18. The number of benzene rings is 2. The van der Waals surface area contributed by atoms with Crippen molar-refractivity contribution in [3.05, 3.63) is 99.5 Å². The Balaban J connectivity index is 1.53. The van der Waals surface area contributed by atoms with E-state index < -0.39 is 0 Å². The van der Waals surface area contributed by atoms with Gasteiger partial charge in [-0.25, -0.2) is 9.07 Å². The van der Waals surface area contributed by atoms with E-state index in [0.717, 1.165) is 17.0 Å². The van der Waals surface area contributed by atoms with Crippen molar-refractivity contribution in [3.8, 4) is 0 Å². The van der Waals surface area contributed by atoms with Gasteiger partial charge in [-0.3, -0.25) is 9.59 Å². The van der Waals surface area contributed by atoms with Crippen LogP contribution >= 0.6 is 0 Å². The minimum atomic E-state index is -0.325. The number of carbonyl (C=O) groups excluding carboxylic acids is 1. The molecule has 0 unspecified atom stereocenters. The number of aromatic nitrogens is 3. The highest BCUT2D eigenvalue weighted by molar-refractivity contribution is 5.87. The SMILES string of the molecule is Cc1c2cnn(CC(=O)NCCc3ccccc3)c(=O)c2c(C)n1Cc1ccccc1F. The molecule has 0 spiro atoms. The summed E-state index contributed by atoms with van der Waals surface area (Å²) in [6, 6.07) is 16.5. The summed E-state index contributed by atoms with van der Waals surface area (Å²) in [5.74, 6) is -0.554. The smallest absolute Gasteiger partial charge is 0.276 e. The summed E-state index contributed by atoms with van der Waals surface area (Å²) in [6.07, 6.45) is 2.32. The average Bonchev–Trinajstić information content (AvgIpc) is 3.03. The van der Waals surface area contributed by atoms with Gasteiger partial charge in [0.15, 0.2) is 0 Å². The molecule has 0 saturated heterocycles. The molecule has 0 radical (unpaired) electrons. The molecule has 4 rings (SSSR count). The minimum absolute atomic E-state index is 0.152. The molecule has 0 atom stereocenters. The number of carbonyl (C=O) groups is 1. The zero-order valence-corrected chi connectivity index (χ0v) is 18.1. The van der Waals surface area contributed by atoms with Crippen molar-refractivity contribution in [2.45, 2.75) is 33.4 Å². The van der Waals surface area contributed by atoms with Crippen LogP contribution < -0.4 is 10.9 Å². The molecule has 6 nitrogen and oxygen atoms in total. The summed E-state index contributed by atoms with van der Waals surface area (Å²) in [5.41, 5.74) is 2.92. The van der Waals surface area contributed by atoms with Crippen LogP contribution in [-0.2, 0) is 24.3 Å². The molecule has 1 amide bonds. The standard InChI is InChI=1S/C25H25FN4O2/c1-17-21-14-28-30(16-23(31)27-13-12-19-8-4-3-5-9-19)25(32)24(21)18(2)29(17)15-20-10-6-7-11-22(20)26/h3-11,14H,12-13,15-16H2,1-2H3,(H,27,31). The minimum Gasteiger partial charge on any atom is -0.354 e. The molecule has 4 aromatic rings. The first-order valence-electron chi connectivity index (χ1n) is 10.5. The van der Waals surface area contributed by atoms with Crippen LogP contribution in [0.25, 0.3) is 10.8 Å². The first-order valence-corrected chi connectivity index (χ1v) is 10.5. The third-order valence-corrected chi connectivity index (χ3v) is 5.76. The van der Waals surface area contributed by atoms with Gasteiger partial charge in [0, 0.05) is 28.9 Å². The van der Waals surface area contributed by atoms with E-state index >= 15 is 0 Å². The van der Waals surface area contributed by atoms with Crippen LogP contribution in [0.2, 0.25) is 0 Å². The van der Waals surface area contributed by atoms with E-state index in [1.807, 2.05) is 48.7 Å². The predicted molar refractivity (Wildman–Crippen MR) is 122 cm³/mol. The summed E-state index contributed by atoms with van der Waals surface area (Å²) in [6.45, 7) is 4.37. The molecule has 0 aliphatic rings. The van der Waals surface area contributed by atoms with Gasteiger partial charge in [0.05, 0.1) is 18.1 Å². The number of amides is 1. The Bertz CT molecular complexity index is 1330. The van der Waals surface area contributed by atoms with Crippen molar-refractivity contribution in [1.82, 2.24) is 19.7 Å². The summed E-state index contributed by atoms with van der Waals surface area (Å²) >= 11 is 0. The molecule has 164 valence electrons. The van der Waals surface area contributed by atoms with Gasteiger partial charge < -0.3 is 9.88 Å². The van der Waals surface area contributed by atoms with Crippen molar-refractivity contribution >= 4 is 16.7 Å². The lowest BCUT2D eigenvalue weighted by atomic mass is 10.1. The molecule has 0 aliphatic carbocycles. The Morgan fingerprint density at radius 2 is 1.75 bits per heavy atom. The molecule has 2 aromatic carbocycles. The number of hydrogen-bond donors (Lipinski definition) is 1. The van der Waals surface area contributed by atoms with E-state index in [4.69, 9.17) is 0 Å². The topological polar surface area (TPSA) is 68.9 Å². The molecule has 32 heavy (non-hydrogen) atoms. The van der Waals surface area contributed by atoms with Crippen LogP contribution in [0.5, 0.6) is 0 Å². The van der Waals surface area contributed by atoms with Gasteiger partial charge in [-0.2, -0.15) is 5.10 Å². The Hall–Kier alpha value is -3.74. The maximum absolute atomic E-state index is 14.2. The number of fused-ring (bicyclic) bond motifs is 1. The molecular formula is C25H25FN4O2. The predicted octanol–water partition coefficient (Wildman–Crippen LogP) is 3.36. The molecule has 1 N–H and O–H groups in total. The van der Waals surface area contributed by atoms with E-state index in [0.29, 0.717) is 35.8 Å². The van der Waals surface area contributed by atoms with Gasteiger partial charge in [-0.15, -0.1) is 0 Å². The summed E-state index contributed by atoms with van der Waals surface area (Å²) in [4.78, 5) is 25.5. The molecular weight excluding hydrogens is 407 g/mol. The van der Waals surface area contributed by atoms with Crippen LogP contribution in [0.4, 0.5) is 4.39 Å². The van der Waals surface area contributed by atoms with Crippen LogP contribution in [0.1, 0.15) is 22.5 Å². The number of nitrogens with zero attached hydrogens (tertiary/aromatic N) is 3. The van der Waals surface area contributed by atoms with E-state index in [1.165, 1.54) is 10.7 Å². The molecule has 2 heterocycles. The fourth-order valence-electron chi connectivity index (χ4n) is 3.97. The maximum atomic E-state index is 14.2. The molecule has 0 saturated carbocycles. The van der Waals surface area contributed by atoms with Crippen molar-refractivity contribution in [1.29, 1.82) is 0 Å². The summed E-state index contributed by atoms with van der Waals surface area (Å²) in [5, 5.41) is 8.27. The Morgan fingerprint density at radius 1 is 1.03 bits per heavy atom. The lowest BCUT2D eigenvalue weighted by molar-refractivity contribution is -0.121. The summed E-state index contributed by atoms with van der Waals surface area (Å²) < 4.78 is 17.2. The zero-order chi connectivity index (χ0) is 22.7. The van der Waals surface area contributed by atoms with Gasteiger partial charge in [-0.05, 0) is 31.9 Å². The Labute approximate surface area is 185 Å². The van der Waals surface area contributed by atoms with Crippen molar-refractivity contribution in [2.24, 2.45) is 0 Å². The van der Waals surface area contributed by atoms with E-state index in [1.54, 1.807) is 24.4 Å². The summed E-state index contributed by atoms with van der Waals surface area (Å²) in [7, 11) is 0. The highest BCUT2D eigenvalue weighted by Gasteiger charge is 2.18. The molecule has 2 aromatic heterocycles. The van der Waals surface area contributed by atoms with Crippen LogP contribution in [0.3, 0.4) is 0 Å². The van der Waals surface area contributed by atoms with Crippen molar-refractivity contribution in [2.75, 3.05) is 6.54 Å². The van der Waals surface area contributed by atoms with Crippen molar-refractivity contribution < 1.29 is 9.18 Å². The van der Waals surface area contributed by atoms with Crippen LogP contribution in [0.15, 0.2) is 65.6 Å². The zero-order valence-electron chi connectivity index (χ0n) is 18.1. The second-order valence-electron chi connectivity index (χ2n) is 7.83. The van der Waals surface area contributed by atoms with Gasteiger partial charge in [0.25, 0.3) is 5.56 Å². The quantitative estimate of drug-likeness (QED) is 0.487. The van der Waals surface area contributed by atoms with Gasteiger partial charge in [-0.1, -0.05) is 48.5 Å². The first kappa shape index (κ1) is 21.5. The Kier molecular flexibility index (Phi) is 6.16. The fourth-order valence-corrected chi connectivity index (χ4v) is 3.97.